The van der Waals surface area contributed by atoms with Crippen LogP contribution >= 0.6 is 0 Å². The van der Waals surface area contributed by atoms with Gasteiger partial charge in [-0.25, -0.2) is 0 Å². The molecular formula is C15H20N4. The molecule has 1 aliphatic rings. The van der Waals surface area contributed by atoms with Crippen LogP contribution in [0.25, 0.3) is 0 Å². The normalized spacial score (nSPS) is 14.2. The van der Waals surface area contributed by atoms with Crippen LogP contribution in [-0.4, -0.2) is 14.8 Å². The van der Waals surface area contributed by atoms with E-state index in [1.165, 1.54) is 29.7 Å². The number of aromatic nitrogens is 3. The molecule has 0 aliphatic carbocycles. The Labute approximate surface area is 113 Å². The third-order valence-electron chi connectivity index (χ3n) is 3.77. The van der Waals surface area contributed by atoms with Crippen LogP contribution in [0, 0.1) is 13.8 Å². The van der Waals surface area contributed by atoms with Crippen LogP contribution in [0.4, 0.5) is 5.69 Å². The maximum atomic E-state index is 4.32. The van der Waals surface area contributed by atoms with Gasteiger partial charge in [-0.2, -0.15) is 0 Å². The molecule has 100 valence electrons. The Morgan fingerprint density at radius 2 is 2.11 bits per heavy atom. The summed E-state index contributed by atoms with van der Waals surface area (Å²) in [6, 6.07) is 6.47. The Bertz CT molecular complexity index is 586. The summed E-state index contributed by atoms with van der Waals surface area (Å²) in [7, 11) is 0. The molecule has 3 rings (SSSR count). The monoisotopic (exact) mass is 256 g/mol. The molecule has 0 saturated carbocycles. The Balaban J connectivity index is 1.75. The SMILES string of the molecule is Cc1ccc(C)c(NCc2nnc3n2CCCC3)c1. The molecule has 0 unspecified atom stereocenters. The zero-order chi connectivity index (χ0) is 13.2. The van der Waals surface area contributed by atoms with Crippen LogP contribution in [-0.2, 0) is 19.5 Å². The molecule has 4 heteroatoms. The molecular weight excluding hydrogens is 236 g/mol. The van der Waals surface area contributed by atoms with Crippen molar-refractivity contribution in [2.24, 2.45) is 0 Å². The third kappa shape index (κ3) is 2.48. The highest BCUT2D eigenvalue weighted by molar-refractivity contribution is 5.52. The lowest BCUT2D eigenvalue weighted by Gasteiger charge is -2.15. The number of hydrogen-bond donors (Lipinski definition) is 1. The molecule has 2 aromatic rings. The van der Waals surface area contributed by atoms with Crippen molar-refractivity contribution in [3.8, 4) is 0 Å². The van der Waals surface area contributed by atoms with Crippen molar-refractivity contribution >= 4 is 5.69 Å². The second-order valence-corrected chi connectivity index (χ2v) is 5.31. The summed E-state index contributed by atoms with van der Waals surface area (Å²) in [5, 5.41) is 12.1. The number of aryl methyl sites for hydroxylation is 3. The van der Waals surface area contributed by atoms with Gasteiger partial charge in [0.1, 0.15) is 5.82 Å². The van der Waals surface area contributed by atoms with E-state index in [-0.39, 0.29) is 0 Å². The van der Waals surface area contributed by atoms with Crippen LogP contribution in [0.3, 0.4) is 0 Å². The van der Waals surface area contributed by atoms with E-state index < -0.39 is 0 Å². The molecule has 1 aromatic heterocycles. The molecule has 2 heterocycles. The number of hydrogen-bond acceptors (Lipinski definition) is 3. The van der Waals surface area contributed by atoms with Gasteiger partial charge < -0.3 is 9.88 Å². The van der Waals surface area contributed by atoms with Gasteiger partial charge in [-0.15, -0.1) is 10.2 Å². The Kier molecular flexibility index (Phi) is 3.23. The highest BCUT2D eigenvalue weighted by atomic mass is 15.3. The lowest BCUT2D eigenvalue weighted by atomic mass is 10.1. The van der Waals surface area contributed by atoms with E-state index in [4.69, 9.17) is 0 Å². The second-order valence-electron chi connectivity index (χ2n) is 5.31. The van der Waals surface area contributed by atoms with Crippen LogP contribution in [0.1, 0.15) is 35.6 Å². The van der Waals surface area contributed by atoms with Crippen molar-refractivity contribution in [1.29, 1.82) is 0 Å². The van der Waals surface area contributed by atoms with Crippen molar-refractivity contribution < 1.29 is 0 Å². The summed E-state index contributed by atoms with van der Waals surface area (Å²) in [5.41, 5.74) is 3.73. The highest BCUT2D eigenvalue weighted by Crippen LogP contribution is 2.19. The van der Waals surface area contributed by atoms with E-state index >= 15 is 0 Å². The largest absolute Gasteiger partial charge is 0.378 e. The van der Waals surface area contributed by atoms with Crippen molar-refractivity contribution in [1.82, 2.24) is 14.8 Å². The number of nitrogens with one attached hydrogen (secondary N) is 1. The van der Waals surface area contributed by atoms with Crippen molar-refractivity contribution in [3.05, 3.63) is 41.0 Å². The molecule has 0 spiro atoms. The van der Waals surface area contributed by atoms with Gasteiger partial charge in [-0.1, -0.05) is 12.1 Å². The van der Waals surface area contributed by atoms with Crippen LogP contribution in [0.2, 0.25) is 0 Å². The minimum absolute atomic E-state index is 0.747. The van der Waals surface area contributed by atoms with E-state index in [0.29, 0.717) is 0 Å². The first kappa shape index (κ1) is 12.2. The van der Waals surface area contributed by atoms with Crippen molar-refractivity contribution in [2.75, 3.05) is 5.32 Å². The van der Waals surface area contributed by atoms with Gasteiger partial charge in [-0.05, 0) is 43.9 Å². The maximum Gasteiger partial charge on any atom is 0.152 e. The summed E-state index contributed by atoms with van der Waals surface area (Å²) in [6.45, 7) is 6.05. The van der Waals surface area contributed by atoms with Gasteiger partial charge in [0.15, 0.2) is 5.82 Å². The van der Waals surface area contributed by atoms with Crippen LogP contribution < -0.4 is 5.32 Å². The fourth-order valence-corrected chi connectivity index (χ4v) is 2.60. The number of rotatable bonds is 3. The summed E-state index contributed by atoms with van der Waals surface area (Å²) >= 11 is 0. The maximum absolute atomic E-state index is 4.32. The van der Waals surface area contributed by atoms with Gasteiger partial charge >= 0.3 is 0 Å². The molecule has 19 heavy (non-hydrogen) atoms. The van der Waals surface area contributed by atoms with Crippen LogP contribution in [0.5, 0.6) is 0 Å². The Morgan fingerprint density at radius 3 is 3.00 bits per heavy atom. The van der Waals surface area contributed by atoms with Gasteiger partial charge in [0, 0.05) is 18.7 Å². The molecule has 0 atom stereocenters. The minimum Gasteiger partial charge on any atom is -0.378 e. The number of benzene rings is 1. The van der Waals surface area contributed by atoms with Gasteiger partial charge in [0.2, 0.25) is 0 Å². The van der Waals surface area contributed by atoms with Gasteiger partial charge in [-0.3, -0.25) is 0 Å². The third-order valence-corrected chi connectivity index (χ3v) is 3.77. The minimum atomic E-state index is 0.747. The van der Waals surface area contributed by atoms with Gasteiger partial charge in [0.05, 0.1) is 6.54 Å². The van der Waals surface area contributed by atoms with Crippen molar-refractivity contribution in [2.45, 2.75) is 46.2 Å². The van der Waals surface area contributed by atoms with E-state index in [1.54, 1.807) is 0 Å². The van der Waals surface area contributed by atoms with E-state index in [0.717, 1.165) is 31.2 Å². The lowest BCUT2D eigenvalue weighted by Crippen LogP contribution is -2.15. The Hall–Kier alpha value is -1.84. The Morgan fingerprint density at radius 1 is 1.21 bits per heavy atom. The van der Waals surface area contributed by atoms with Crippen molar-refractivity contribution in [3.63, 3.8) is 0 Å². The average Bonchev–Trinajstić information content (AvgIpc) is 2.83. The molecule has 0 amide bonds. The van der Waals surface area contributed by atoms with Gasteiger partial charge in [0.25, 0.3) is 0 Å². The molecule has 1 aromatic carbocycles. The summed E-state index contributed by atoms with van der Waals surface area (Å²) in [6.07, 6.45) is 3.54. The van der Waals surface area contributed by atoms with E-state index in [9.17, 15) is 0 Å². The zero-order valence-electron chi connectivity index (χ0n) is 11.6. The summed E-state index contributed by atoms with van der Waals surface area (Å²) in [4.78, 5) is 0. The molecule has 4 nitrogen and oxygen atoms in total. The first-order valence-electron chi connectivity index (χ1n) is 6.96. The fourth-order valence-electron chi connectivity index (χ4n) is 2.60. The summed E-state index contributed by atoms with van der Waals surface area (Å²) in [5.74, 6) is 2.19. The predicted molar refractivity (Wildman–Crippen MR) is 76.2 cm³/mol. The summed E-state index contributed by atoms with van der Waals surface area (Å²) < 4.78 is 2.27. The number of anilines is 1. The lowest BCUT2D eigenvalue weighted by molar-refractivity contribution is 0.510. The van der Waals surface area contributed by atoms with Crippen LogP contribution in [0.15, 0.2) is 18.2 Å². The zero-order valence-corrected chi connectivity index (χ0v) is 11.6. The van der Waals surface area contributed by atoms with E-state index in [2.05, 4.69) is 52.1 Å². The number of fused-ring (bicyclic) bond motifs is 1. The molecule has 1 N–H and O–H groups in total. The first-order chi connectivity index (χ1) is 9.24. The standard InChI is InChI=1S/C15H20N4/c1-11-6-7-12(2)13(9-11)16-10-15-18-17-14-5-3-4-8-19(14)15/h6-7,9,16H,3-5,8,10H2,1-2H3. The molecule has 0 radical (unpaired) electrons. The fraction of sp³-hybridized carbons (Fsp3) is 0.467. The topological polar surface area (TPSA) is 42.7 Å². The molecule has 0 fully saturated rings. The number of nitrogens with zero attached hydrogens (tertiary/aromatic N) is 3. The molecule has 1 aliphatic heterocycles. The van der Waals surface area contributed by atoms with E-state index in [1.807, 2.05) is 0 Å². The quantitative estimate of drug-likeness (QED) is 0.918. The predicted octanol–water partition coefficient (Wildman–Crippen LogP) is 2.84. The first-order valence-corrected chi connectivity index (χ1v) is 6.96. The average molecular weight is 256 g/mol. The second kappa shape index (κ2) is 5.03. The molecule has 0 saturated heterocycles. The highest BCUT2D eigenvalue weighted by Gasteiger charge is 2.15. The smallest absolute Gasteiger partial charge is 0.152 e. The molecule has 0 bridgehead atoms.